The predicted octanol–water partition coefficient (Wildman–Crippen LogP) is 2.09. The summed E-state index contributed by atoms with van der Waals surface area (Å²) in [6, 6.07) is 6.77. The number of rotatable bonds is 3. The zero-order valence-electron chi connectivity index (χ0n) is 9.54. The van der Waals surface area contributed by atoms with E-state index in [9.17, 15) is 0 Å². The van der Waals surface area contributed by atoms with Gasteiger partial charge in [0.25, 0.3) is 0 Å². The van der Waals surface area contributed by atoms with E-state index in [1.807, 2.05) is 6.92 Å². The summed E-state index contributed by atoms with van der Waals surface area (Å²) in [7, 11) is 2.08. The van der Waals surface area contributed by atoms with Crippen LogP contribution < -0.4 is 10.6 Å². The molecule has 0 aliphatic heterocycles. The molecule has 0 fully saturated rings. The highest BCUT2D eigenvalue weighted by Crippen LogP contribution is 2.17. The molecule has 0 aliphatic carbocycles. The quantitative estimate of drug-likeness (QED) is 0.794. The Morgan fingerprint density at radius 1 is 1.21 bits per heavy atom. The van der Waals surface area contributed by atoms with Crippen molar-refractivity contribution in [2.45, 2.75) is 26.8 Å². The van der Waals surface area contributed by atoms with Gasteiger partial charge in [0.05, 0.1) is 0 Å². The van der Waals surface area contributed by atoms with E-state index in [0.717, 1.165) is 6.54 Å². The highest BCUT2D eigenvalue weighted by atomic mass is 15.1. The number of nitrogens with two attached hydrogens (primary N) is 1. The largest absolute Gasteiger partial charge is 0.373 e. The van der Waals surface area contributed by atoms with Crippen LogP contribution in [0.5, 0.6) is 0 Å². The maximum atomic E-state index is 5.77. The molecule has 1 aromatic rings. The van der Waals surface area contributed by atoms with Crippen molar-refractivity contribution in [3.63, 3.8) is 0 Å². The van der Waals surface area contributed by atoms with Crippen LogP contribution in [-0.2, 0) is 0 Å². The first-order valence-corrected chi connectivity index (χ1v) is 5.04. The van der Waals surface area contributed by atoms with Crippen molar-refractivity contribution in [2.75, 3.05) is 18.5 Å². The minimum Gasteiger partial charge on any atom is -0.373 e. The number of aryl methyl sites for hydroxylation is 2. The maximum absolute atomic E-state index is 5.77. The Hall–Kier alpha value is -1.02. The molecule has 0 radical (unpaired) electrons. The number of likely N-dealkylation sites (N-methyl/N-ethyl adjacent to an activating group) is 1. The van der Waals surface area contributed by atoms with E-state index < -0.39 is 0 Å². The molecule has 2 N–H and O–H groups in total. The minimum absolute atomic E-state index is 0.209. The van der Waals surface area contributed by atoms with Crippen molar-refractivity contribution >= 4 is 5.69 Å². The molecular formula is C12H20N2. The molecule has 2 heteroatoms. The fourth-order valence-electron chi connectivity index (χ4n) is 1.71. The second-order valence-corrected chi connectivity index (χ2v) is 4.20. The average molecular weight is 192 g/mol. The summed E-state index contributed by atoms with van der Waals surface area (Å²) >= 11 is 0. The highest BCUT2D eigenvalue weighted by molar-refractivity contribution is 5.50. The van der Waals surface area contributed by atoms with Crippen LogP contribution in [0.15, 0.2) is 18.2 Å². The standard InChI is InChI=1S/C12H20N2/c1-9-5-10(2)7-12(6-9)14(4)8-11(3)13/h5-7,11H,8,13H2,1-4H3/t11-/m1/s1. The Labute approximate surface area is 86.7 Å². The van der Waals surface area contributed by atoms with E-state index in [-0.39, 0.29) is 6.04 Å². The zero-order valence-corrected chi connectivity index (χ0v) is 9.54. The summed E-state index contributed by atoms with van der Waals surface area (Å²) < 4.78 is 0. The van der Waals surface area contributed by atoms with E-state index in [4.69, 9.17) is 5.73 Å². The van der Waals surface area contributed by atoms with Crippen LogP contribution in [0.25, 0.3) is 0 Å². The van der Waals surface area contributed by atoms with Crippen molar-refractivity contribution < 1.29 is 0 Å². The fraction of sp³-hybridized carbons (Fsp3) is 0.500. The second kappa shape index (κ2) is 4.47. The molecule has 78 valence electrons. The minimum atomic E-state index is 0.209. The lowest BCUT2D eigenvalue weighted by molar-refractivity contribution is 0.717. The summed E-state index contributed by atoms with van der Waals surface area (Å²) in [5.41, 5.74) is 9.62. The Kier molecular flexibility index (Phi) is 3.53. The molecule has 0 amide bonds. The molecule has 0 aliphatic rings. The first kappa shape index (κ1) is 11.1. The highest BCUT2D eigenvalue weighted by Gasteiger charge is 2.04. The number of nitrogens with zero attached hydrogens (tertiary/aromatic N) is 1. The Balaban J connectivity index is 2.84. The normalized spacial score (nSPS) is 12.6. The van der Waals surface area contributed by atoms with E-state index >= 15 is 0 Å². The van der Waals surface area contributed by atoms with Gasteiger partial charge in [-0.1, -0.05) is 6.07 Å². The lowest BCUT2D eigenvalue weighted by atomic mass is 10.1. The third-order valence-corrected chi connectivity index (χ3v) is 2.21. The topological polar surface area (TPSA) is 29.3 Å². The van der Waals surface area contributed by atoms with Gasteiger partial charge >= 0.3 is 0 Å². The molecule has 0 saturated heterocycles. The van der Waals surface area contributed by atoms with Gasteiger partial charge in [-0.3, -0.25) is 0 Å². The summed E-state index contributed by atoms with van der Waals surface area (Å²) in [6.45, 7) is 7.16. The molecule has 0 saturated carbocycles. The van der Waals surface area contributed by atoms with Crippen LogP contribution in [-0.4, -0.2) is 19.6 Å². The van der Waals surface area contributed by atoms with Gasteiger partial charge in [-0.05, 0) is 44.0 Å². The SMILES string of the molecule is Cc1cc(C)cc(N(C)C[C@@H](C)N)c1. The van der Waals surface area contributed by atoms with Gasteiger partial charge in [-0.2, -0.15) is 0 Å². The van der Waals surface area contributed by atoms with E-state index in [2.05, 4.69) is 44.0 Å². The van der Waals surface area contributed by atoms with Crippen LogP contribution in [0.3, 0.4) is 0 Å². The van der Waals surface area contributed by atoms with Crippen molar-refractivity contribution in [2.24, 2.45) is 5.73 Å². The first-order valence-electron chi connectivity index (χ1n) is 5.04. The molecule has 1 atom stereocenters. The van der Waals surface area contributed by atoms with Gasteiger partial charge < -0.3 is 10.6 Å². The Morgan fingerprint density at radius 3 is 2.14 bits per heavy atom. The van der Waals surface area contributed by atoms with Gasteiger partial charge in [-0.25, -0.2) is 0 Å². The number of anilines is 1. The molecule has 0 spiro atoms. The second-order valence-electron chi connectivity index (χ2n) is 4.20. The number of hydrogen-bond donors (Lipinski definition) is 1. The fourth-order valence-corrected chi connectivity index (χ4v) is 1.71. The van der Waals surface area contributed by atoms with Crippen LogP contribution in [0.1, 0.15) is 18.1 Å². The van der Waals surface area contributed by atoms with Gasteiger partial charge in [0.1, 0.15) is 0 Å². The molecule has 14 heavy (non-hydrogen) atoms. The van der Waals surface area contributed by atoms with Crippen LogP contribution >= 0.6 is 0 Å². The molecule has 1 rings (SSSR count). The smallest absolute Gasteiger partial charge is 0.0369 e. The van der Waals surface area contributed by atoms with E-state index in [0.29, 0.717) is 0 Å². The molecular weight excluding hydrogens is 172 g/mol. The lowest BCUT2D eigenvalue weighted by Crippen LogP contribution is -2.32. The van der Waals surface area contributed by atoms with E-state index in [1.54, 1.807) is 0 Å². The first-order chi connectivity index (χ1) is 6.49. The summed E-state index contributed by atoms with van der Waals surface area (Å²) in [6.07, 6.45) is 0. The predicted molar refractivity (Wildman–Crippen MR) is 62.8 cm³/mol. The van der Waals surface area contributed by atoms with Crippen LogP contribution in [0.2, 0.25) is 0 Å². The third kappa shape index (κ3) is 3.04. The maximum Gasteiger partial charge on any atom is 0.0369 e. The average Bonchev–Trinajstić information content (AvgIpc) is 2.00. The van der Waals surface area contributed by atoms with E-state index in [1.165, 1.54) is 16.8 Å². The van der Waals surface area contributed by atoms with Crippen molar-refractivity contribution in [3.8, 4) is 0 Å². The lowest BCUT2D eigenvalue weighted by Gasteiger charge is -2.22. The summed E-state index contributed by atoms with van der Waals surface area (Å²) in [4.78, 5) is 2.20. The van der Waals surface area contributed by atoms with Gasteiger partial charge in [0.2, 0.25) is 0 Å². The number of benzene rings is 1. The van der Waals surface area contributed by atoms with Crippen molar-refractivity contribution in [1.82, 2.24) is 0 Å². The summed E-state index contributed by atoms with van der Waals surface area (Å²) in [5, 5.41) is 0. The zero-order chi connectivity index (χ0) is 10.7. The monoisotopic (exact) mass is 192 g/mol. The molecule has 0 bridgehead atoms. The molecule has 1 aromatic carbocycles. The van der Waals surface area contributed by atoms with Crippen molar-refractivity contribution in [1.29, 1.82) is 0 Å². The molecule has 0 heterocycles. The molecule has 0 unspecified atom stereocenters. The Morgan fingerprint density at radius 2 is 1.71 bits per heavy atom. The third-order valence-electron chi connectivity index (χ3n) is 2.21. The Bertz CT molecular complexity index is 285. The number of hydrogen-bond acceptors (Lipinski definition) is 2. The molecule has 0 aromatic heterocycles. The van der Waals surface area contributed by atoms with Gasteiger partial charge in [-0.15, -0.1) is 0 Å². The van der Waals surface area contributed by atoms with Crippen LogP contribution in [0.4, 0.5) is 5.69 Å². The van der Waals surface area contributed by atoms with Crippen molar-refractivity contribution in [3.05, 3.63) is 29.3 Å². The summed E-state index contributed by atoms with van der Waals surface area (Å²) in [5.74, 6) is 0. The van der Waals surface area contributed by atoms with Gasteiger partial charge in [0, 0.05) is 25.3 Å². The van der Waals surface area contributed by atoms with Gasteiger partial charge in [0.15, 0.2) is 0 Å². The molecule has 2 nitrogen and oxygen atoms in total. The van der Waals surface area contributed by atoms with Crippen LogP contribution in [0, 0.1) is 13.8 Å².